The highest BCUT2D eigenvalue weighted by atomic mass is 19.1. The molecule has 3 atom stereocenters. The van der Waals surface area contributed by atoms with Crippen molar-refractivity contribution in [1.82, 2.24) is 30.0 Å². The third-order valence-corrected chi connectivity index (χ3v) is 7.80. The molecule has 0 spiro atoms. The quantitative estimate of drug-likeness (QED) is 0.588. The van der Waals surface area contributed by atoms with Crippen LogP contribution in [0.15, 0.2) is 6.07 Å². The summed E-state index contributed by atoms with van der Waals surface area (Å²) in [7, 11) is 1.58. The van der Waals surface area contributed by atoms with Crippen molar-refractivity contribution >= 4 is 22.8 Å². The molecule has 10 heteroatoms. The van der Waals surface area contributed by atoms with E-state index in [-0.39, 0.29) is 23.3 Å². The number of pyridine rings is 1. The number of nitrogens with zero attached hydrogens (tertiary/aromatic N) is 5. The fourth-order valence-electron chi connectivity index (χ4n) is 5.43. The second kappa shape index (κ2) is 7.33. The zero-order valence-electron chi connectivity index (χ0n) is 19.1. The molecule has 2 aliphatic carbocycles. The Morgan fingerprint density at radius 3 is 2.94 bits per heavy atom. The predicted octanol–water partition coefficient (Wildman–Crippen LogP) is 2.30. The molecule has 3 aromatic rings. The van der Waals surface area contributed by atoms with Crippen molar-refractivity contribution < 1.29 is 13.9 Å². The number of morpholine rings is 1. The molecule has 174 valence electrons. The fourth-order valence-corrected chi connectivity index (χ4v) is 5.43. The maximum absolute atomic E-state index is 14.9. The molecule has 0 aromatic carbocycles. The Balaban J connectivity index is 1.29. The molecule has 1 aliphatic heterocycles. The number of fused-ring (bicyclic) bond motifs is 3. The summed E-state index contributed by atoms with van der Waals surface area (Å²) >= 11 is 0. The molecular formula is C23H28FN7O2. The molecular weight excluding hydrogens is 425 g/mol. The first-order valence-electron chi connectivity index (χ1n) is 11.6. The van der Waals surface area contributed by atoms with Gasteiger partial charge in [-0.1, -0.05) is 6.92 Å². The van der Waals surface area contributed by atoms with Gasteiger partial charge in [0.25, 0.3) is 0 Å². The standard InChI is InChI=1S/C23H28FN7O2/c1-12(31-4-6-33-7-5-31)22(32)30(3)17-9-15-20(26-19(17)24)27-21(25-15)18-14-8-13-10-23(13,2)11-16(14)28-29-18/h9,12-13H,4-8,10-11H2,1-3H3,(H,28,29)(H,25,26,27)/t12-,13+,23+/m0/s1. The number of hydrogen-bond donors (Lipinski definition) is 2. The number of ether oxygens (including phenoxy) is 1. The van der Waals surface area contributed by atoms with Crippen LogP contribution in [0.2, 0.25) is 0 Å². The molecule has 6 rings (SSSR count). The molecule has 0 bridgehead atoms. The van der Waals surface area contributed by atoms with Crippen LogP contribution >= 0.6 is 0 Å². The third kappa shape index (κ3) is 3.34. The smallest absolute Gasteiger partial charge is 0.243 e. The minimum absolute atomic E-state index is 0.126. The Morgan fingerprint density at radius 2 is 2.15 bits per heavy atom. The van der Waals surface area contributed by atoms with Crippen LogP contribution in [0, 0.1) is 17.3 Å². The number of amides is 1. The summed E-state index contributed by atoms with van der Waals surface area (Å²) in [6, 6.07) is 1.23. The molecule has 3 aliphatic rings. The van der Waals surface area contributed by atoms with Gasteiger partial charge in [-0.3, -0.25) is 14.8 Å². The van der Waals surface area contributed by atoms with E-state index in [1.807, 2.05) is 11.8 Å². The van der Waals surface area contributed by atoms with Crippen molar-refractivity contribution in [3.63, 3.8) is 0 Å². The van der Waals surface area contributed by atoms with Gasteiger partial charge in [-0.25, -0.2) is 4.98 Å². The highest BCUT2D eigenvalue weighted by molar-refractivity contribution is 5.97. The summed E-state index contributed by atoms with van der Waals surface area (Å²) in [5.74, 6) is 0.362. The number of carbonyl (C=O) groups is 1. The second-order valence-corrected chi connectivity index (χ2v) is 9.94. The van der Waals surface area contributed by atoms with Gasteiger partial charge in [-0.2, -0.15) is 14.5 Å². The lowest BCUT2D eigenvalue weighted by atomic mass is 9.88. The van der Waals surface area contributed by atoms with Gasteiger partial charge in [0, 0.05) is 31.4 Å². The number of rotatable bonds is 4. The third-order valence-electron chi connectivity index (χ3n) is 7.80. The van der Waals surface area contributed by atoms with Crippen molar-refractivity contribution in [3.8, 4) is 11.5 Å². The number of hydrogen-bond acceptors (Lipinski definition) is 6. The molecule has 4 heterocycles. The SMILES string of the molecule is C[C@@H](C(=O)N(C)c1cc2[nH]c(-c3n[nH]c4c3C[C@@H]3C[C@]3(C)C4)nc2nc1F)N1CCOCC1. The number of H-pyrrole nitrogens is 2. The van der Waals surface area contributed by atoms with Crippen molar-refractivity contribution in [1.29, 1.82) is 0 Å². The summed E-state index contributed by atoms with van der Waals surface area (Å²) in [6.45, 7) is 6.72. The molecule has 0 unspecified atom stereocenters. The Labute approximate surface area is 190 Å². The summed E-state index contributed by atoms with van der Waals surface area (Å²) < 4.78 is 20.3. The number of aromatic amines is 2. The van der Waals surface area contributed by atoms with E-state index in [1.54, 1.807) is 13.1 Å². The minimum atomic E-state index is -0.719. The van der Waals surface area contributed by atoms with Crippen LogP contribution in [0.3, 0.4) is 0 Å². The summed E-state index contributed by atoms with van der Waals surface area (Å²) in [5, 5.41) is 7.69. The van der Waals surface area contributed by atoms with Gasteiger partial charge >= 0.3 is 0 Å². The molecule has 33 heavy (non-hydrogen) atoms. The normalized spacial score (nSPS) is 25.5. The first-order chi connectivity index (χ1) is 15.8. The number of carbonyl (C=O) groups excluding carboxylic acids is 1. The lowest BCUT2D eigenvalue weighted by molar-refractivity contribution is -0.124. The average Bonchev–Trinajstić information content (AvgIpc) is 3.10. The molecule has 1 amide bonds. The zero-order chi connectivity index (χ0) is 22.9. The van der Waals surface area contributed by atoms with E-state index in [9.17, 15) is 9.18 Å². The molecule has 1 saturated carbocycles. The number of aromatic nitrogens is 5. The maximum Gasteiger partial charge on any atom is 0.243 e. The average molecular weight is 454 g/mol. The van der Waals surface area contributed by atoms with E-state index < -0.39 is 5.95 Å². The predicted molar refractivity (Wildman–Crippen MR) is 120 cm³/mol. The fraction of sp³-hybridized carbons (Fsp3) is 0.565. The highest BCUT2D eigenvalue weighted by Crippen LogP contribution is 2.59. The Kier molecular flexibility index (Phi) is 4.60. The van der Waals surface area contributed by atoms with Crippen LogP contribution in [0.5, 0.6) is 0 Å². The Morgan fingerprint density at radius 1 is 1.36 bits per heavy atom. The van der Waals surface area contributed by atoms with E-state index in [2.05, 4.69) is 32.1 Å². The highest BCUT2D eigenvalue weighted by Gasteiger charge is 2.53. The summed E-state index contributed by atoms with van der Waals surface area (Å²) in [5.41, 5.74) is 4.52. The van der Waals surface area contributed by atoms with Crippen molar-refractivity contribution in [3.05, 3.63) is 23.3 Å². The van der Waals surface area contributed by atoms with Gasteiger partial charge in [0.2, 0.25) is 11.9 Å². The Bertz CT molecular complexity index is 1250. The van der Waals surface area contributed by atoms with Gasteiger partial charge in [-0.05, 0) is 43.6 Å². The molecule has 2 N–H and O–H groups in total. The largest absolute Gasteiger partial charge is 0.379 e. The molecule has 2 fully saturated rings. The van der Waals surface area contributed by atoms with E-state index >= 15 is 0 Å². The minimum Gasteiger partial charge on any atom is -0.379 e. The van der Waals surface area contributed by atoms with E-state index in [0.29, 0.717) is 49.0 Å². The van der Waals surface area contributed by atoms with Crippen LogP contribution in [0.1, 0.15) is 31.5 Å². The van der Waals surface area contributed by atoms with Gasteiger partial charge in [0.1, 0.15) is 11.4 Å². The Hall–Kier alpha value is -2.85. The van der Waals surface area contributed by atoms with Crippen LogP contribution in [0.25, 0.3) is 22.7 Å². The van der Waals surface area contributed by atoms with Crippen molar-refractivity contribution in [2.24, 2.45) is 11.3 Å². The first-order valence-corrected chi connectivity index (χ1v) is 11.6. The molecule has 3 aromatic heterocycles. The number of likely N-dealkylation sites (N-methyl/N-ethyl adjacent to an activating group) is 1. The number of halogens is 1. The summed E-state index contributed by atoms with van der Waals surface area (Å²) in [6.07, 6.45) is 3.23. The zero-order valence-corrected chi connectivity index (χ0v) is 19.1. The van der Waals surface area contributed by atoms with Crippen LogP contribution in [0.4, 0.5) is 10.1 Å². The summed E-state index contributed by atoms with van der Waals surface area (Å²) in [4.78, 5) is 28.3. The molecule has 9 nitrogen and oxygen atoms in total. The lowest BCUT2D eigenvalue weighted by Gasteiger charge is -2.33. The van der Waals surface area contributed by atoms with E-state index in [4.69, 9.17) is 4.74 Å². The second-order valence-electron chi connectivity index (χ2n) is 9.94. The van der Waals surface area contributed by atoms with Gasteiger partial charge in [-0.15, -0.1) is 0 Å². The lowest BCUT2D eigenvalue weighted by Crippen LogP contribution is -2.50. The number of anilines is 1. The van der Waals surface area contributed by atoms with Crippen LogP contribution in [-0.2, 0) is 22.4 Å². The van der Waals surface area contributed by atoms with Gasteiger partial charge in [0.15, 0.2) is 11.5 Å². The van der Waals surface area contributed by atoms with E-state index in [0.717, 1.165) is 18.5 Å². The van der Waals surface area contributed by atoms with Crippen molar-refractivity contribution in [2.75, 3.05) is 38.3 Å². The topological polar surface area (TPSA) is 103 Å². The van der Waals surface area contributed by atoms with Crippen molar-refractivity contribution in [2.45, 2.75) is 39.2 Å². The van der Waals surface area contributed by atoms with E-state index in [1.165, 1.54) is 22.6 Å². The first kappa shape index (κ1) is 20.7. The number of imidazole rings is 1. The molecule has 0 radical (unpaired) electrons. The molecule has 1 saturated heterocycles. The maximum atomic E-state index is 14.9. The van der Waals surface area contributed by atoms with Gasteiger partial charge in [0.05, 0.1) is 24.8 Å². The number of nitrogens with one attached hydrogen (secondary N) is 2. The van der Waals surface area contributed by atoms with Crippen LogP contribution < -0.4 is 4.90 Å². The van der Waals surface area contributed by atoms with Crippen LogP contribution in [-0.4, -0.2) is 75.3 Å². The van der Waals surface area contributed by atoms with Gasteiger partial charge < -0.3 is 14.6 Å². The monoisotopic (exact) mass is 453 g/mol.